The summed E-state index contributed by atoms with van der Waals surface area (Å²) in [6.45, 7) is 7.46. The Morgan fingerprint density at radius 3 is 2.47 bits per heavy atom. The van der Waals surface area contributed by atoms with Gasteiger partial charge in [0.1, 0.15) is 0 Å². The van der Waals surface area contributed by atoms with Crippen molar-refractivity contribution >= 4 is 0 Å². The fourth-order valence-electron chi connectivity index (χ4n) is 3.55. The second kappa shape index (κ2) is 7.02. The van der Waals surface area contributed by atoms with E-state index in [1.807, 2.05) is 0 Å². The highest BCUT2D eigenvalue weighted by atomic mass is 16.5. The minimum Gasteiger partial charge on any atom is -0.381 e. The summed E-state index contributed by atoms with van der Waals surface area (Å²) in [4.78, 5) is 4.96. The average molecular weight is 269 g/mol. The first-order valence-corrected chi connectivity index (χ1v) is 7.78. The van der Waals surface area contributed by atoms with E-state index in [0.717, 1.165) is 45.1 Å². The van der Waals surface area contributed by atoms with Crippen molar-refractivity contribution < 1.29 is 4.74 Å². The van der Waals surface area contributed by atoms with Crippen LogP contribution in [0.4, 0.5) is 0 Å². The molecule has 0 atom stereocenters. The number of hydrogen-bond donors (Lipinski definition) is 1. The van der Waals surface area contributed by atoms with Crippen LogP contribution in [0.25, 0.3) is 0 Å². The van der Waals surface area contributed by atoms with Gasteiger partial charge in [-0.05, 0) is 70.7 Å². The molecule has 2 N–H and O–H groups in total. The van der Waals surface area contributed by atoms with Gasteiger partial charge in [0.25, 0.3) is 0 Å². The first-order chi connectivity index (χ1) is 9.13. The first kappa shape index (κ1) is 15.2. The Balaban J connectivity index is 1.77. The van der Waals surface area contributed by atoms with E-state index < -0.39 is 0 Å². The Morgan fingerprint density at radius 2 is 1.89 bits per heavy atom. The van der Waals surface area contributed by atoms with Crippen LogP contribution < -0.4 is 5.73 Å². The molecule has 0 spiro atoms. The second-order valence-corrected chi connectivity index (χ2v) is 6.76. The molecule has 112 valence electrons. The van der Waals surface area contributed by atoms with Crippen molar-refractivity contribution in [3.05, 3.63) is 0 Å². The largest absolute Gasteiger partial charge is 0.381 e. The molecule has 0 bridgehead atoms. The highest BCUT2D eigenvalue weighted by molar-refractivity contribution is 4.86. The van der Waals surface area contributed by atoms with E-state index in [9.17, 15) is 0 Å². The highest BCUT2D eigenvalue weighted by Gasteiger charge is 2.32. The van der Waals surface area contributed by atoms with Crippen molar-refractivity contribution in [3.8, 4) is 0 Å². The molecule has 2 heterocycles. The molecule has 2 rings (SSSR count). The van der Waals surface area contributed by atoms with Gasteiger partial charge in [-0.1, -0.05) is 0 Å². The topological polar surface area (TPSA) is 41.7 Å². The van der Waals surface area contributed by atoms with Gasteiger partial charge in [-0.15, -0.1) is 0 Å². The zero-order valence-corrected chi connectivity index (χ0v) is 12.7. The number of rotatable bonds is 5. The second-order valence-electron chi connectivity index (χ2n) is 6.76. The summed E-state index contributed by atoms with van der Waals surface area (Å²) in [5.74, 6) is 0.871. The molecule has 2 fully saturated rings. The Labute approximate surface area is 118 Å². The third kappa shape index (κ3) is 4.42. The van der Waals surface area contributed by atoms with Crippen LogP contribution in [-0.2, 0) is 4.74 Å². The Hall–Kier alpha value is -0.160. The van der Waals surface area contributed by atoms with E-state index in [0.29, 0.717) is 5.41 Å². The summed E-state index contributed by atoms with van der Waals surface area (Å²) < 4.78 is 5.49. The molecule has 2 saturated heterocycles. The third-order valence-electron chi connectivity index (χ3n) is 5.00. The maximum atomic E-state index is 6.05. The smallest absolute Gasteiger partial charge is 0.0472 e. The van der Waals surface area contributed by atoms with Crippen molar-refractivity contribution in [2.24, 2.45) is 17.1 Å². The molecule has 0 aliphatic carbocycles. The molecule has 0 aromatic heterocycles. The first-order valence-electron chi connectivity index (χ1n) is 7.78. The van der Waals surface area contributed by atoms with Gasteiger partial charge in [0.05, 0.1) is 0 Å². The molecule has 2 aliphatic rings. The lowest BCUT2D eigenvalue weighted by molar-refractivity contribution is 0.000617. The fraction of sp³-hybridized carbons (Fsp3) is 1.00. The van der Waals surface area contributed by atoms with Gasteiger partial charge in [0.2, 0.25) is 0 Å². The summed E-state index contributed by atoms with van der Waals surface area (Å²) in [7, 11) is 4.50. The van der Waals surface area contributed by atoms with E-state index in [1.165, 1.54) is 32.5 Å². The molecule has 0 unspecified atom stereocenters. The minimum absolute atomic E-state index is 0.304. The maximum Gasteiger partial charge on any atom is 0.0472 e. The Kier molecular flexibility index (Phi) is 5.63. The molecule has 4 heteroatoms. The van der Waals surface area contributed by atoms with E-state index >= 15 is 0 Å². The van der Waals surface area contributed by atoms with Crippen LogP contribution in [0.2, 0.25) is 0 Å². The van der Waals surface area contributed by atoms with Crippen molar-refractivity contribution in [2.75, 3.05) is 60.0 Å². The van der Waals surface area contributed by atoms with Crippen LogP contribution in [0.5, 0.6) is 0 Å². The van der Waals surface area contributed by atoms with Crippen LogP contribution in [0.15, 0.2) is 0 Å². The molecule has 2 aliphatic heterocycles. The molecule has 0 aromatic carbocycles. The lowest BCUT2D eigenvalue weighted by Gasteiger charge is -2.40. The van der Waals surface area contributed by atoms with E-state index in [1.54, 1.807) is 0 Å². The molecular formula is C15H31N3O. The highest BCUT2D eigenvalue weighted by Crippen LogP contribution is 2.30. The summed E-state index contributed by atoms with van der Waals surface area (Å²) in [5, 5.41) is 0. The monoisotopic (exact) mass is 269 g/mol. The van der Waals surface area contributed by atoms with Crippen molar-refractivity contribution in [2.45, 2.75) is 25.7 Å². The number of hydrogen-bond acceptors (Lipinski definition) is 4. The van der Waals surface area contributed by atoms with Crippen LogP contribution in [0.3, 0.4) is 0 Å². The summed E-state index contributed by atoms with van der Waals surface area (Å²) in [6, 6.07) is 0. The fourth-order valence-corrected chi connectivity index (χ4v) is 3.55. The number of nitrogens with zero attached hydrogens (tertiary/aromatic N) is 2. The van der Waals surface area contributed by atoms with Gasteiger partial charge >= 0.3 is 0 Å². The quantitative estimate of drug-likeness (QED) is 0.809. The van der Waals surface area contributed by atoms with E-state index in [-0.39, 0.29) is 0 Å². The molecule has 0 radical (unpaired) electrons. The van der Waals surface area contributed by atoms with Gasteiger partial charge in [0.15, 0.2) is 0 Å². The van der Waals surface area contributed by atoms with Gasteiger partial charge in [0, 0.05) is 26.3 Å². The minimum atomic E-state index is 0.304. The molecule has 4 nitrogen and oxygen atoms in total. The molecule has 0 amide bonds. The van der Waals surface area contributed by atoms with E-state index in [2.05, 4.69) is 23.9 Å². The van der Waals surface area contributed by atoms with Gasteiger partial charge in [-0.25, -0.2) is 0 Å². The average Bonchev–Trinajstić information content (AvgIpc) is 2.42. The Bertz CT molecular complexity index is 258. The van der Waals surface area contributed by atoms with Crippen molar-refractivity contribution in [3.63, 3.8) is 0 Å². The van der Waals surface area contributed by atoms with Crippen molar-refractivity contribution in [1.29, 1.82) is 0 Å². The number of likely N-dealkylation sites (tertiary alicyclic amines) is 1. The summed E-state index contributed by atoms with van der Waals surface area (Å²) in [6.07, 6.45) is 4.95. The molecular weight excluding hydrogens is 238 g/mol. The van der Waals surface area contributed by atoms with Crippen molar-refractivity contribution in [1.82, 2.24) is 9.80 Å². The molecule has 19 heavy (non-hydrogen) atoms. The summed E-state index contributed by atoms with van der Waals surface area (Å²) in [5.41, 5.74) is 6.35. The lowest BCUT2D eigenvalue weighted by atomic mass is 9.79. The standard InChI is InChI=1S/C15H31N3O/c1-17-7-3-14(4-8-17)11-18(2)13-15(12-16)5-9-19-10-6-15/h14H,3-13,16H2,1-2H3. The van der Waals surface area contributed by atoms with E-state index in [4.69, 9.17) is 10.5 Å². The predicted molar refractivity (Wildman–Crippen MR) is 79.3 cm³/mol. The Morgan fingerprint density at radius 1 is 1.26 bits per heavy atom. The van der Waals surface area contributed by atoms with Crippen LogP contribution >= 0.6 is 0 Å². The number of ether oxygens (including phenoxy) is 1. The zero-order valence-electron chi connectivity index (χ0n) is 12.7. The normalized spacial score (nSPS) is 25.9. The predicted octanol–water partition coefficient (Wildman–Crippen LogP) is 1.02. The van der Waals surface area contributed by atoms with Crippen LogP contribution in [0, 0.1) is 11.3 Å². The van der Waals surface area contributed by atoms with Crippen LogP contribution in [0.1, 0.15) is 25.7 Å². The van der Waals surface area contributed by atoms with Gasteiger partial charge in [-0.2, -0.15) is 0 Å². The van der Waals surface area contributed by atoms with Gasteiger partial charge < -0.3 is 20.3 Å². The third-order valence-corrected chi connectivity index (χ3v) is 5.00. The van der Waals surface area contributed by atoms with Gasteiger partial charge in [-0.3, -0.25) is 0 Å². The number of piperidine rings is 1. The summed E-state index contributed by atoms with van der Waals surface area (Å²) >= 11 is 0. The maximum absolute atomic E-state index is 6.05. The van der Waals surface area contributed by atoms with Crippen LogP contribution in [-0.4, -0.2) is 69.8 Å². The SMILES string of the molecule is CN1CCC(CN(C)CC2(CN)CCOCC2)CC1. The number of nitrogens with two attached hydrogens (primary N) is 1. The lowest BCUT2D eigenvalue weighted by Crippen LogP contribution is -2.46. The molecule has 0 saturated carbocycles. The zero-order chi connectivity index (χ0) is 13.7. The molecule has 0 aromatic rings.